The van der Waals surface area contributed by atoms with Crippen molar-refractivity contribution in [2.45, 2.75) is 64.8 Å². The molecule has 1 aromatic rings. The average Bonchev–Trinajstić information content (AvgIpc) is 2.45. The van der Waals surface area contributed by atoms with Gasteiger partial charge in [-0.1, -0.05) is 44.2 Å². The largest absolute Gasteiger partial charge is 0.317 e. The number of aryl methyl sites for hydroxylation is 1. The molecule has 0 aromatic heterocycles. The van der Waals surface area contributed by atoms with E-state index in [0.717, 1.165) is 12.0 Å². The van der Waals surface area contributed by atoms with Crippen molar-refractivity contribution in [1.82, 2.24) is 5.32 Å². The van der Waals surface area contributed by atoms with Gasteiger partial charge in [0.2, 0.25) is 0 Å². The Morgan fingerprint density at radius 3 is 2.40 bits per heavy atom. The van der Waals surface area contributed by atoms with Crippen molar-refractivity contribution in [2.75, 3.05) is 7.05 Å². The Morgan fingerprint density at radius 2 is 1.80 bits per heavy atom. The number of hydrogen-bond donors (Lipinski definition) is 1. The van der Waals surface area contributed by atoms with Crippen LogP contribution < -0.4 is 5.32 Å². The first-order chi connectivity index (χ1) is 9.61. The van der Waals surface area contributed by atoms with Crippen LogP contribution in [0.2, 0.25) is 0 Å². The van der Waals surface area contributed by atoms with Gasteiger partial charge < -0.3 is 5.32 Å². The van der Waals surface area contributed by atoms with Crippen LogP contribution in [0.1, 0.15) is 57.9 Å². The maximum atomic E-state index is 3.59. The van der Waals surface area contributed by atoms with Crippen LogP contribution in [0.25, 0.3) is 0 Å². The Balaban J connectivity index is 1.75. The van der Waals surface area contributed by atoms with Gasteiger partial charge in [-0.05, 0) is 68.9 Å². The predicted octanol–water partition coefficient (Wildman–Crippen LogP) is 4.81. The highest BCUT2D eigenvalue weighted by Crippen LogP contribution is 2.39. The summed E-state index contributed by atoms with van der Waals surface area (Å²) in [5.74, 6) is 0.892. The van der Waals surface area contributed by atoms with E-state index in [9.17, 15) is 0 Å². The van der Waals surface area contributed by atoms with Crippen molar-refractivity contribution < 1.29 is 0 Å². The van der Waals surface area contributed by atoms with Crippen molar-refractivity contribution in [3.8, 4) is 0 Å². The van der Waals surface area contributed by atoms with Gasteiger partial charge in [-0.3, -0.25) is 0 Å². The second kappa shape index (κ2) is 7.26. The summed E-state index contributed by atoms with van der Waals surface area (Å²) in [6.07, 6.45) is 9.44. The van der Waals surface area contributed by atoms with Gasteiger partial charge in [-0.2, -0.15) is 0 Å². The highest BCUT2D eigenvalue weighted by molar-refractivity contribution is 5.14. The summed E-state index contributed by atoms with van der Waals surface area (Å²) in [7, 11) is 2.15. The van der Waals surface area contributed by atoms with Crippen LogP contribution in [-0.2, 0) is 6.42 Å². The average molecular weight is 273 g/mol. The molecule has 1 nitrogen and oxygen atoms in total. The molecule has 0 aliphatic heterocycles. The molecule has 1 aromatic carbocycles. The molecule has 2 rings (SSSR count). The third-order valence-electron chi connectivity index (χ3n) is 5.15. The summed E-state index contributed by atoms with van der Waals surface area (Å²) in [5.41, 5.74) is 2.06. The quantitative estimate of drug-likeness (QED) is 0.784. The summed E-state index contributed by atoms with van der Waals surface area (Å²) in [6.45, 7) is 4.85. The normalized spacial score (nSPS) is 20.8. The summed E-state index contributed by atoms with van der Waals surface area (Å²) in [4.78, 5) is 0. The van der Waals surface area contributed by atoms with Crippen LogP contribution in [0.3, 0.4) is 0 Å². The van der Waals surface area contributed by atoms with E-state index < -0.39 is 0 Å². The third kappa shape index (κ3) is 4.63. The minimum absolute atomic E-state index is 0.582. The molecule has 0 bridgehead atoms. The van der Waals surface area contributed by atoms with E-state index in [1.807, 2.05) is 0 Å². The van der Waals surface area contributed by atoms with E-state index >= 15 is 0 Å². The third-order valence-corrected chi connectivity index (χ3v) is 5.15. The van der Waals surface area contributed by atoms with E-state index in [-0.39, 0.29) is 0 Å². The maximum absolute atomic E-state index is 3.59. The van der Waals surface area contributed by atoms with Crippen molar-refractivity contribution in [3.63, 3.8) is 0 Å². The summed E-state index contributed by atoms with van der Waals surface area (Å²) < 4.78 is 0. The molecule has 1 saturated carbocycles. The molecule has 1 N–H and O–H groups in total. The molecular weight excluding hydrogens is 242 g/mol. The van der Waals surface area contributed by atoms with Gasteiger partial charge >= 0.3 is 0 Å². The second-order valence-corrected chi connectivity index (χ2v) is 7.27. The van der Waals surface area contributed by atoms with Crippen molar-refractivity contribution >= 4 is 0 Å². The van der Waals surface area contributed by atoms with Crippen LogP contribution in [0.4, 0.5) is 0 Å². The zero-order valence-electron chi connectivity index (χ0n) is 13.5. The fourth-order valence-corrected chi connectivity index (χ4v) is 3.61. The Morgan fingerprint density at radius 1 is 1.15 bits per heavy atom. The Hall–Kier alpha value is -0.820. The second-order valence-electron chi connectivity index (χ2n) is 7.27. The SMILES string of the molecule is CNC(CCCc1ccccc1)C1CCC(C)(C)CC1. The van der Waals surface area contributed by atoms with Gasteiger partial charge in [0.25, 0.3) is 0 Å². The Bertz CT molecular complexity index is 372. The molecule has 1 aliphatic rings. The molecule has 0 saturated heterocycles. The summed E-state index contributed by atoms with van der Waals surface area (Å²) in [5, 5.41) is 3.59. The molecule has 1 aliphatic carbocycles. The molecule has 0 radical (unpaired) electrons. The molecule has 0 amide bonds. The highest BCUT2D eigenvalue weighted by atomic mass is 14.9. The summed E-state index contributed by atoms with van der Waals surface area (Å²) in [6, 6.07) is 11.6. The smallest absolute Gasteiger partial charge is 0.00924 e. The van der Waals surface area contributed by atoms with E-state index in [1.54, 1.807) is 0 Å². The molecule has 1 heteroatoms. The fraction of sp³-hybridized carbons (Fsp3) is 0.684. The van der Waals surface area contributed by atoms with Crippen molar-refractivity contribution in [2.24, 2.45) is 11.3 Å². The maximum Gasteiger partial charge on any atom is 0.00924 e. The number of benzene rings is 1. The van der Waals surface area contributed by atoms with E-state index in [4.69, 9.17) is 0 Å². The van der Waals surface area contributed by atoms with E-state index in [2.05, 4.69) is 56.5 Å². The molecule has 1 atom stereocenters. The first kappa shape index (κ1) is 15.6. The van der Waals surface area contributed by atoms with Crippen LogP contribution in [0.5, 0.6) is 0 Å². The zero-order valence-corrected chi connectivity index (χ0v) is 13.5. The van der Waals surface area contributed by atoms with Crippen LogP contribution in [-0.4, -0.2) is 13.1 Å². The standard InChI is InChI=1S/C19H31N/c1-19(2)14-12-17(13-15-19)18(20-3)11-7-10-16-8-5-4-6-9-16/h4-6,8-9,17-18,20H,7,10-15H2,1-3H3. The van der Waals surface area contributed by atoms with Gasteiger partial charge in [-0.15, -0.1) is 0 Å². The zero-order chi connectivity index (χ0) is 14.4. The van der Waals surface area contributed by atoms with Gasteiger partial charge in [0, 0.05) is 6.04 Å². The first-order valence-electron chi connectivity index (χ1n) is 8.32. The van der Waals surface area contributed by atoms with E-state index in [0.29, 0.717) is 5.41 Å². The van der Waals surface area contributed by atoms with Crippen molar-refractivity contribution in [1.29, 1.82) is 0 Å². The molecule has 0 spiro atoms. The Labute approximate surface area is 125 Å². The topological polar surface area (TPSA) is 12.0 Å². The van der Waals surface area contributed by atoms with Crippen molar-refractivity contribution in [3.05, 3.63) is 35.9 Å². The first-order valence-corrected chi connectivity index (χ1v) is 8.32. The fourth-order valence-electron chi connectivity index (χ4n) is 3.61. The van der Waals surface area contributed by atoms with Crippen LogP contribution in [0.15, 0.2) is 30.3 Å². The molecule has 1 unspecified atom stereocenters. The lowest BCUT2D eigenvalue weighted by molar-refractivity contribution is 0.159. The Kier molecular flexibility index (Phi) is 5.65. The van der Waals surface area contributed by atoms with Gasteiger partial charge in [0.1, 0.15) is 0 Å². The predicted molar refractivity (Wildman–Crippen MR) is 88.0 cm³/mol. The van der Waals surface area contributed by atoms with Gasteiger partial charge in [0.15, 0.2) is 0 Å². The minimum Gasteiger partial charge on any atom is -0.317 e. The minimum atomic E-state index is 0.582. The van der Waals surface area contributed by atoms with Gasteiger partial charge in [0.05, 0.1) is 0 Å². The molecular formula is C19H31N. The van der Waals surface area contributed by atoms with Gasteiger partial charge in [-0.25, -0.2) is 0 Å². The lowest BCUT2D eigenvalue weighted by Crippen LogP contribution is -2.37. The number of nitrogens with one attached hydrogen (secondary N) is 1. The van der Waals surface area contributed by atoms with E-state index in [1.165, 1.54) is 50.5 Å². The molecule has 20 heavy (non-hydrogen) atoms. The molecule has 1 fully saturated rings. The number of hydrogen-bond acceptors (Lipinski definition) is 1. The monoisotopic (exact) mass is 273 g/mol. The highest BCUT2D eigenvalue weighted by Gasteiger charge is 2.30. The lowest BCUT2D eigenvalue weighted by atomic mass is 9.70. The number of rotatable bonds is 6. The summed E-state index contributed by atoms with van der Waals surface area (Å²) >= 11 is 0. The lowest BCUT2D eigenvalue weighted by Gasteiger charge is -2.38. The molecule has 112 valence electrons. The van der Waals surface area contributed by atoms with Crippen LogP contribution >= 0.6 is 0 Å². The molecule has 0 heterocycles. The van der Waals surface area contributed by atoms with Crippen LogP contribution in [0, 0.1) is 11.3 Å².